The summed E-state index contributed by atoms with van der Waals surface area (Å²) in [5.74, 6) is 1.36. The van der Waals surface area contributed by atoms with Crippen LogP contribution in [0.25, 0.3) is 11.4 Å². The molecule has 0 saturated heterocycles. The normalized spacial score (nSPS) is 12.9. The quantitative estimate of drug-likeness (QED) is 0.886. The Morgan fingerprint density at radius 3 is 2.71 bits per heavy atom. The number of nitrogens with zero attached hydrogens (tertiary/aromatic N) is 2. The SMILES string of the molecule is CCNC(Cc1nc(-c2ccc(F)c(C)c2)no1)C(C)C. The van der Waals surface area contributed by atoms with Crippen LogP contribution in [0.1, 0.15) is 32.2 Å². The Morgan fingerprint density at radius 2 is 2.10 bits per heavy atom. The lowest BCUT2D eigenvalue weighted by Crippen LogP contribution is -2.35. The minimum absolute atomic E-state index is 0.227. The van der Waals surface area contributed by atoms with Gasteiger partial charge in [-0.25, -0.2) is 4.39 Å². The molecule has 4 nitrogen and oxygen atoms in total. The topological polar surface area (TPSA) is 51.0 Å². The Kier molecular flexibility index (Phi) is 5.07. The van der Waals surface area contributed by atoms with E-state index in [1.165, 1.54) is 6.07 Å². The van der Waals surface area contributed by atoms with E-state index >= 15 is 0 Å². The number of benzene rings is 1. The summed E-state index contributed by atoms with van der Waals surface area (Å²) in [7, 11) is 0. The van der Waals surface area contributed by atoms with Gasteiger partial charge >= 0.3 is 0 Å². The third-order valence-corrected chi connectivity index (χ3v) is 3.55. The average Bonchev–Trinajstić information content (AvgIpc) is 2.90. The highest BCUT2D eigenvalue weighted by Crippen LogP contribution is 2.20. The lowest BCUT2D eigenvalue weighted by Gasteiger charge is -2.19. The molecule has 1 atom stereocenters. The summed E-state index contributed by atoms with van der Waals surface area (Å²) in [5.41, 5.74) is 1.35. The second-order valence-corrected chi connectivity index (χ2v) is 5.59. The molecule has 5 heteroatoms. The van der Waals surface area contributed by atoms with Crippen LogP contribution >= 0.6 is 0 Å². The highest BCUT2D eigenvalue weighted by Gasteiger charge is 2.17. The molecule has 0 bridgehead atoms. The van der Waals surface area contributed by atoms with E-state index in [2.05, 4.69) is 36.2 Å². The van der Waals surface area contributed by atoms with Crippen molar-refractivity contribution in [2.24, 2.45) is 5.92 Å². The maximum absolute atomic E-state index is 13.3. The van der Waals surface area contributed by atoms with Crippen LogP contribution in [0, 0.1) is 18.7 Å². The molecule has 21 heavy (non-hydrogen) atoms. The van der Waals surface area contributed by atoms with Crippen molar-refractivity contribution < 1.29 is 8.91 Å². The van der Waals surface area contributed by atoms with Gasteiger partial charge in [0.05, 0.1) is 0 Å². The number of likely N-dealkylation sites (N-methyl/N-ethyl adjacent to an activating group) is 1. The van der Waals surface area contributed by atoms with Gasteiger partial charge in [0.25, 0.3) is 0 Å². The van der Waals surface area contributed by atoms with Crippen molar-refractivity contribution in [3.8, 4) is 11.4 Å². The number of hydrogen-bond donors (Lipinski definition) is 1. The summed E-state index contributed by atoms with van der Waals surface area (Å²) in [4.78, 5) is 4.42. The fourth-order valence-corrected chi connectivity index (χ4v) is 2.23. The predicted octanol–water partition coefficient (Wildman–Crippen LogP) is 3.36. The van der Waals surface area contributed by atoms with E-state index in [1.54, 1.807) is 19.1 Å². The smallest absolute Gasteiger partial charge is 0.228 e. The molecule has 0 radical (unpaired) electrons. The number of hydrogen-bond acceptors (Lipinski definition) is 4. The first-order valence-corrected chi connectivity index (χ1v) is 7.33. The number of aromatic nitrogens is 2. The molecule has 0 fully saturated rings. The van der Waals surface area contributed by atoms with E-state index in [-0.39, 0.29) is 5.82 Å². The first kappa shape index (κ1) is 15.6. The Labute approximate surface area is 124 Å². The van der Waals surface area contributed by atoms with Gasteiger partial charge in [-0.2, -0.15) is 4.98 Å². The number of aryl methyl sites for hydroxylation is 1. The van der Waals surface area contributed by atoms with Gasteiger partial charge in [0, 0.05) is 18.0 Å². The van der Waals surface area contributed by atoms with Crippen LogP contribution in [0.15, 0.2) is 22.7 Å². The largest absolute Gasteiger partial charge is 0.339 e. The molecular weight excluding hydrogens is 269 g/mol. The molecule has 2 aromatic rings. The second-order valence-electron chi connectivity index (χ2n) is 5.59. The monoisotopic (exact) mass is 291 g/mol. The third-order valence-electron chi connectivity index (χ3n) is 3.55. The lowest BCUT2D eigenvalue weighted by molar-refractivity contribution is 0.329. The third kappa shape index (κ3) is 3.88. The molecule has 1 N–H and O–H groups in total. The van der Waals surface area contributed by atoms with Crippen molar-refractivity contribution in [3.05, 3.63) is 35.5 Å². The summed E-state index contributed by atoms with van der Waals surface area (Å²) in [6.07, 6.45) is 0.693. The first-order valence-electron chi connectivity index (χ1n) is 7.33. The zero-order chi connectivity index (χ0) is 15.4. The van der Waals surface area contributed by atoms with Gasteiger partial charge < -0.3 is 9.84 Å². The maximum atomic E-state index is 13.3. The molecule has 114 valence electrons. The van der Waals surface area contributed by atoms with Crippen LogP contribution in [0.2, 0.25) is 0 Å². The Bertz CT molecular complexity index is 595. The summed E-state index contributed by atoms with van der Waals surface area (Å²) >= 11 is 0. The predicted molar refractivity (Wildman–Crippen MR) is 80.4 cm³/mol. The van der Waals surface area contributed by atoms with Crippen LogP contribution < -0.4 is 5.32 Å². The molecule has 0 aliphatic heterocycles. The fourth-order valence-electron chi connectivity index (χ4n) is 2.23. The molecule has 2 rings (SSSR count). The molecule has 1 heterocycles. The van der Waals surface area contributed by atoms with E-state index in [0.29, 0.717) is 35.7 Å². The van der Waals surface area contributed by atoms with Crippen LogP contribution in [-0.4, -0.2) is 22.7 Å². The zero-order valence-electron chi connectivity index (χ0n) is 13.0. The van der Waals surface area contributed by atoms with E-state index in [4.69, 9.17) is 4.52 Å². The zero-order valence-corrected chi connectivity index (χ0v) is 13.0. The van der Waals surface area contributed by atoms with Crippen LogP contribution in [-0.2, 0) is 6.42 Å². The summed E-state index contributed by atoms with van der Waals surface area (Å²) < 4.78 is 18.6. The number of halogens is 1. The Morgan fingerprint density at radius 1 is 1.33 bits per heavy atom. The van der Waals surface area contributed by atoms with Gasteiger partial charge in [-0.1, -0.05) is 25.9 Å². The van der Waals surface area contributed by atoms with Crippen LogP contribution in [0.3, 0.4) is 0 Å². The molecule has 0 aliphatic carbocycles. The van der Waals surface area contributed by atoms with E-state index < -0.39 is 0 Å². The first-order chi connectivity index (χ1) is 10.0. The van der Waals surface area contributed by atoms with Gasteiger partial charge in [0.15, 0.2) is 0 Å². The maximum Gasteiger partial charge on any atom is 0.228 e. The van der Waals surface area contributed by atoms with E-state index in [1.807, 2.05) is 0 Å². The minimum Gasteiger partial charge on any atom is -0.339 e. The van der Waals surface area contributed by atoms with Crippen molar-refractivity contribution in [2.45, 2.75) is 40.2 Å². The molecule has 0 spiro atoms. The van der Waals surface area contributed by atoms with E-state index in [9.17, 15) is 4.39 Å². The van der Waals surface area contributed by atoms with Gasteiger partial charge in [-0.15, -0.1) is 0 Å². The summed E-state index contributed by atoms with van der Waals surface area (Å²) in [6.45, 7) is 9.03. The highest BCUT2D eigenvalue weighted by molar-refractivity contribution is 5.55. The lowest BCUT2D eigenvalue weighted by atomic mass is 10.0. The summed E-state index contributed by atoms with van der Waals surface area (Å²) in [6, 6.07) is 5.13. The Balaban J connectivity index is 2.15. The van der Waals surface area contributed by atoms with Crippen molar-refractivity contribution >= 4 is 0 Å². The molecule has 0 aliphatic rings. The van der Waals surface area contributed by atoms with Gasteiger partial charge in [-0.05, 0) is 43.1 Å². The van der Waals surface area contributed by atoms with Crippen LogP contribution in [0.5, 0.6) is 0 Å². The molecule has 1 aromatic carbocycles. The molecular formula is C16H22FN3O. The summed E-state index contributed by atoms with van der Waals surface area (Å²) in [5, 5.41) is 7.41. The van der Waals surface area contributed by atoms with Crippen molar-refractivity contribution in [2.75, 3.05) is 6.54 Å². The number of nitrogens with one attached hydrogen (secondary N) is 1. The average molecular weight is 291 g/mol. The van der Waals surface area contributed by atoms with Crippen LogP contribution in [0.4, 0.5) is 4.39 Å². The molecule has 0 amide bonds. The van der Waals surface area contributed by atoms with Gasteiger partial charge in [0.1, 0.15) is 5.82 Å². The van der Waals surface area contributed by atoms with Crippen molar-refractivity contribution in [1.29, 1.82) is 0 Å². The van der Waals surface area contributed by atoms with Crippen molar-refractivity contribution in [3.63, 3.8) is 0 Å². The standard InChI is InChI=1S/C16H22FN3O/c1-5-18-14(10(2)3)9-15-19-16(20-21-15)12-6-7-13(17)11(4)8-12/h6-8,10,14,18H,5,9H2,1-4H3. The number of rotatable bonds is 6. The Hall–Kier alpha value is -1.75. The molecule has 1 aromatic heterocycles. The van der Waals surface area contributed by atoms with Gasteiger partial charge in [0.2, 0.25) is 11.7 Å². The highest BCUT2D eigenvalue weighted by atomic mass is 19.1. The minimum atomic E-state index is -0.227. The van der Waals surface area contributed by atoms with E-state index in [0.717, 1.165) is 12.1 Å². The molecule has 0 saturated carbocycles. The fraction of sp³-hybridized carbons (Fsp3) is 0.500. The second kappa shape index (κ2) is 6.80. The van der Waals surface area contributed by atoms with Gasteiger partial charge in [-0.3, -0.25) is 0 Å². The molecule has 1 unspecified atom stereocenters. The van der Waals surface area contributed by atoms with Crippen molar-refractivity contribution in [1.82, 2.24) is 15.5 Å².